The molecule has 4 heteroatoms. The Morgan fingerprint density at radius 2 is 1.95 bits per heavy atom. The molecule has 2 aromatic carbocycles. The highest BCUT2D eigenvalue weighted by atomic mass is 35.5. The zero-order valence-electron chi connectivity index (χ0n) is 12.2. The van der Waals surface area contributed by atoms with Crippen LogP contribution in [0, 0.1) is 6.92 Å². The molecule has 21 heavy (non-hydrogen) atoms. The zero-order valence-corrected chi connectivity index (χ0v) is 12.9. The molecule has 0 heterocycles. The number of carbonyl (C=O) groups is 1. The number of rotatable bonds is 5. The Morgan fingerprint density at radius 3 is 2.67 bits per heavy atom. The van der Waals surface area contributed by atoms with Crippen molar-refractivity contribution in [1.29, 1.82) is 0 Å². The molecule has 0 saturated heterocycles. The average Bonchev–Trinajstić information content (AvgIpc) is 2.45. The molecular weight excluding hydrogens is 284 g/mol. The van der Waals surface area contributed by atoms with Crippen LogP contribution in [0.5, 0.6) is 0 Å². The lowest BCUT2D eigenvalue weighted by Crippen LogP contribution is -2.30. The van der Waals surface area contributed by atoms with Crippen molar-refractivity contribution in [3.8, 4) is 0 Å². The molecule has 0 saturated carbocycles. The minimum atomic E-state index is -0.0607. The maximum absolute atomic E-state index is 11.9. The van der Waals surface area contributed by atoms with Gasteiger partial charge in [-0.3, -0.25) is 4.79 Å². The lowest BCUT2D eigenvalue weighted by molar-refractivity contribution is -0.115. The van der Waals surface area contributed by atoms with Gasteiger partial charge in [-0.1, -0.05) is 35.9 Å². The van der Waals surface area contributed by atoms with Crippen molar-refractivity contribution in [2.45, 2.75) is 19.9 Å². The molecule has 0 aliphatic heterocycles. The third kappa shape index (κ3) is 4.88. The van der Waals surface area contributed by atoms with E-state index in [0.717, 1.165) is 16.8 Å². The maximum Gasteiger partial charge on any atom is 0.238 e. The van der Waals surface area contributed by atoms with E-state index in [9.17, 15) is 4.79 Å². The topological polar surface area (TPSA) is 41.1 Å². The van der Waals surface area contributed by atoms with Gasteiger partial charge in [-0.2, -0.15) is 0 Å². The van der Waals surface area contributed by atoms with Crippen molar-refractivity contribution in [2.24, 2.45) is 0 Å². The van der Waals surface area contributed by atoms with Crippen LogP contribution < -0.4 is 10.6 Å². The minimum Gasteiger partial charge on any atom is -0.325 e. The fourth-order valence-corrected chi connectivity index (χ4v) is 2.27. The van der Waals surface area contributed by atoms with Gasteiger partial charge in [0.25, 0.3) is 0 Å². The number of halogens is 1. The van der Waals surface area contributed by atoms with Gasteiger partial charge in [0.2, 0.25) is 5.91 Å². The first-order chi connectivity index (χ1) is 10.0. The minimum absolute atomic E-state index is 0.0607. The van der Waals surface area contributed by atoms with E-state index in [2.05, 4.69) is 10.6 Å². The van der Waals surface area contributed by atoms with E-state index in [1.54, 1.807) is 0 Å². The van der Waals surface area contributed by atoms with Crippen LogP contribution in [0.4, 0.5) is 5.69 Å². The van der Waals surface area contributed by atoms with Crippen molar-refractivity contribution in [1.82, 2.24) is 5.32 Å². The first kappa shape index (κ1) is 15.5. The van der Waals surface area contributed by atoms with Crippen LogP contribution in [0.15, 0.2) is 48.5 Å². The standard InChI is InChI=1S/C17H19ClN2O/c1-12-5-3-8-16(9-12)20-17(21)11-19-13(2)14-6-4-7-15(18)10-14/h3-10,13,19H,11H2,1-2H3,(H,20,21). The predicted molar refractivity (Wildman–Crippen MR) is 87.7 cm³/mol. The van der Waals surface area contributed by atoms with Gasteiger partial charge in [0.15, 0.2) is 0 Å². The molecule has 0 aliphatic carbocycles. The van der Waals surface area contributed by atoms with Crippen LogP contribution in [0.25, 0.3) is 0 Å². The highest BCUT2D eigenvalue weighted by Gasteiger charge is 2.08. The van der Waals surface area contributed by atoms with Gasteiger partial charge in [0, 0.05) is 16.8 Å². The van der Waals surface area contributed by atoms with Crippen molar-refractivity contribution in [2.75, 3.05) is 11.9 Å². The SMILES string of the molecule is Cc1cccc(NC(=O)CNC(C)c2cccc(Cl)c2)c1. The van der Waals surface area contributed by atoms with Gasteiger partial charge in [0.1, 0.15) is 0 Å². The van der Waals surface area contributed by atoms with E-state index in [1.165, 1.54) is 0 Å². The summed E-state index contributed by atoms with van der Waals surface area (Å²) in [5.41, 5.74) is 3.00. The zero-order chi connectivity index (χ0) is 15.2. The molecule has 2 N–H and O–H groups in total. The molecule has 0 aromatic heterocycles. The van der Waals surface area contributed by atoms with Gasteiger partial charge in [0.05, 0.1) is 6.54 Å². The molecule has 2 aromatic rings. The molecule has 1 atom stereocenters. The normalized spacial score (nSPS) is 12.0. The summed E-state index contributed by atoms with van der Waals surface area (Å²) in [4.78, 5) is 11.9. The number of hydrogen-bond donors (Lipinski definition) is 2. The largest absolute Gasteiger partial charge is 0.325 e. The van der Waals surface area contributed by atoms with Gasteiger partial charge in [-0.25, -0.2) is 0 Å². The predicted octanol–water partition coefficient (Wildman–Crippen LogP) is 3.94. The van der Waals surface area contributed by atoms with Crippen LogP contribution in [-0.4, -0.2) is 12.5 Å². The first-order valence-electron chi connectivity index (χ1n) is 6.90. The number of anilines is 1. The van der Waals surface area contributed by atoms with Crippen LogP contribution in [0.3, 0.4) is 0 Å². The second-order valence-electron chi connectivity index (χ2n) is 5.08. The Bertz CT molecular complexity index is 628. The Morgan fingerprint density at radius 1 is 1.19 bits per heavy atom. The van der Waals surface area contributed by atoms with E-state index in [0.29, 0.717) is 5.02 Å². The van der Waals surface area contributed by atoms with Crippen molar-refractivity contribution in [3.05, 3.63) is 64.7 Å². The van der Waals surface area contributed by atoms with Crippen LogP contribution in [-0.2, 0) is 4.79 Å². The van der Waals surface area contributed by atoms with Crippen LogP contribution >= 0.6 is 11.6 Å². The Kier molecular flexibility index (Phi) is 5.37. The molecule has 2 rings (SSSR count). The Labute approximate surface area is 130 Å². The summed E-state index contributed by atoms with van der Waals surface area (Å²) in [5.74, 6) is -0.0607. The quantitative estimate of drug-likeness (QED) is 0.878. The third-order valence-electron chi connectivity index (χ3n) is 3.22. The summed E-state index contributed by atoms with van der Waals surface area (Å²) in [6.07, 6.45) is 0. The highest BCUT2D eigenvalue weighted by molar-refractivity contribution is 6.30. The molecule has 110 valence electrons. The summed E-state index contributed by atoms with van der Waals surface area (Å²) in [5, 5.41) is 6.76. The summed E-state index contributed by atoms with van der Waals surface area (Å²) in [6, 6.07) is 15.4. The maximum atomic E-state index is 11.9. The number of amides is 1. The lowest BCUT2D eigenvalue weighted by Gasteiger charge is -2.14. The van der Waals surface area contributed by atoms with Gasteiger partial charge in [-0.15, -0.1) is 0 Å². The summed E-state index contributed by atoms with van der Waals surface area (Å²) >= 11 is 5.97. The summed E-state index contributed by atoms with van der Waals surface area (Å²) in [7, 11) is 0. The summed E-state index contributed by atoms with van der Waals surface area (Å²) in [6.45, 7) is 4.25. The molecule has 0 aliphatic rings. The summed E-state index contributed by atoms with van der Waals surface area (Å²) < 4.78 is 0. The first-order valence-corrected chi connectivity index (χ1v) is 7.28. The van der Waals surface area contributed by atoms with Crippen LogP contribution in [0.2, 0.25) is 5.02 Å². The van der Waals surface area contributed by atoms with E-state index in [-0.39, 0.29) is 18.5 Å². The smallest absolute Gasteiger partial charge is 0.238 e. The van der Waals surface area contributed by atoms with Gasteiger partial charge < -0.3 is 10.6 Å². The second kappa shape index (κ2) is 7.25. The molecule has 0 fully saturated rings. The fraction of sp³-hybridized carbons (Fsp3) is 0.235. The molecular formula is C17H19ClN2O. The number of nitrogens with one attached hydrogen (secondary N) is 2. The third-order valence-corrected chi connectivity index (χ3v) is 3.45. The number of hydrogen-bond acceptors (Lipinski definition) is 2. The highest BCUT2D eigenvalue weighted by Crippen LogP contribution is 2.17. The Hall–Kier alpha value is -1.84. The molecule has 0 radical (unpaired) electrons. The number of carbonyl (C=O) groups excluding carboxylic acids is 1. The van der Waals surface area contributed by atoms with E-state index in [1.807, 2.05) is 62.4 Å². The molecule has 0 bridgehead atoms. The van der Waals surface area contributed by atoms with Crippen molar-refractivity contribution in [3.63, 3.8) is 0 Å². The van der Waals surface area contributed by atoms with Crippen LogP contribution in [0.1, 0.15) is 24.1 Å². The number of aryl methyl sites for hydroxylation is 1. The van der Waals surface area contributed by atoms with Gasteiger partial charge in [-0.05, 0) is 49.2 Å². The Balaban J connectivity index is 1.86. The van der Waals surface area contributed by atoms with E-state index < -0.39 is 0 Å². The second-order valence-corrected chi connectivity index (χ2v) is 5.51. The lowest BCUT2D eigenvalue weighted by atomic mass is 10.1. The molecule has 3 nitrogen and oxygen atoms in total. The monoisotopic (exact) mass is 302 g/mol. The van der Waals surface area contributed by atoms with E-state index >= 15 is 0 Å². The van der Waals surface area contributed by atoms with Crippen molar-refractivity contribution >= 4 is 23.2 Å². The van der Waals surface area contributed by atoms with Crippen molar-refractivity contribution < 1.29 is 4.79 Å². The molecule has 1 unspecified atom stereocenters. The molecule has 0 spiro atoms. The number of benzene rings is 2. The average molecular weight is 303 g/mol. The van der Waals surface area contributed by atoms with Gasteiger partial charge >= 0.3 is 0 Å². The molecule has 1 amide bonds. The van der Waals surface area contributed by atoms with E-state index in [4.69, 9.17) is 11.6 Å². The fourth-order valence-electron chi connectivity index (χ4n) is 2.07.